The van der Waals surface area contributed by atoms with E-state index in [4.69, 9.17) is 10.5 Å². The van der Waals surface area contributed by atoms with Crippen LogP contribution in [0.5, 0.6) is 5.75 Å². The summed E-state index contributed by atoms with van der Waals surface area (Å²) in [5.74, 6) is 1.75. The van der Waals surface area contributed by atoms with Crippen LogP contribution in [0.2, 0.25) is 0 Å². The number of thioether (sulfide) groups is 1. The summed E-state index contributed by atoms with van der Waals surface area (Å²) >= 11 is 1.64. The van der Waals surface area contributed by atoms with Crippen LogP contribution in [0.4, 0.5) is 0 Å². The first-order valence-electron chi connectivity index (χ1n) is 6.99. The van der Waals surface area contributed by atoms with Gasteiger partial charge in [0.1, 0.15) is 11.6 Å². The molecule has 0 amide bonds. The molecule has 0 spiro atoms. The van der Waals surface area contributed by atoms with Crippen molar-refractivity contribution in [2.24, 2.45) is 12.8 Å². The van der Waals surface area contributed by atoms with Gasteiger partial charge in [-0.25, -0.2) is 0 Å². The van der Waals surface area contributed by atoms with Crippen molar-refractivity contribution in [3.63, 3.8) is 0 Å². The largest absolute Gasteiger partial charge is 0.496 e. The monoisotopic (exact) mass is 306 g/mol. The molecule has 0 bridgehead atoms. The van der Waals surface area contributed by atoms with Gasteiger partial charge in [0, 0.05) is 18.7 Å². The standard InChI is InChI=1S/C15H22N4OS/c1-5-12(16)14(11-8-6-7-9-13(11)20-4)21-15-18-17-10(2)19(15)3/h6-9,12,14H,5,16H2,1-4H3. The maximum absolute atomic E-state index is 6.34. The molecule has 1 aromatic carbocycles. The highest BCUT2D eigenvalue weighted by Gasteiger charge is 2.25. The first-order valence-corrected chi connectivity index (χ1v) is 7.87. The zero-order valence-corrected chi connectivity index (χ0v) is 13.7. The number of methoxy groups -OCH3 is 1. The SMILES string of the molecule is CCC(N)C(Sc1nnc(C)n1C)c1ccccc1OC. The zero-order valence-electron chi connectivity index (χ0n) is 12.9. The Morgan fingerprint density at radius 3 is 2.62 bits per heavy atom. The molecule has 1 aromatic heterocycles. The van der Waals surface area contributed by atoms with E-state index in [1.165, 1.54) is 0 Å². The highest BCUT2D eigenvalue weighted by Crippen LogP contribution is 2.41. The number of rotatable bonds is 6. The van der Waals surface area contributed by atoms with E-state index in [1.807, 2.05) is 36.7 Å². The van der Waals surface area contributed by atoms with Crippen molar-refractivity contribution in [1.29, 1.82) is 0 Å². The van der Waals surface area contributed by atoms with Gasteiger partial charge in [-0.1, -0.05) is 36.9 Å². The number of para-hydroxylation sites is 1. The van der Waals surface area contributed by atoms with E-state index >= 15 is 0 Å². The average Bonchev–Trinajstić information content (AvgIpc) is 2.83. The van der Waals surface area contributed by atoms with Crippen LogP contribution in [-0.4, -0.2) is 27.9 Å². The summed E-state index contributed by atoms with van der Waals surface area (Å²) in [5, 5.41) is 9.29. The summed E-state index contributed by atoms with van der Waals surface area (Å²) < 4.78 is 7.46. The van der Waals surface area contributed by atoms with Crippen molar-refractivity contribution in [2.75, 3.05) is 7.11 Å². The molecular formula is C15H22N4OS. The topological polar surface area (TPSA) is 66.0 Å². The Morgan fingerprint density at radius 2 is 2.05 bits per heavy atom. The predicted octanol–water partition coefficient (Wildman–Crippen LogP) is 2.70. The van der Waals surface area contributed by atoms with Crippen molar-refractivity contribution in [2.45, 2.75) is 36.7 Å². The predicted molar refractivity (Wildman–Crippen MR) is 85.6 cm³/mol. The number of nitrogens with zero attached hydrogens (tertiary/aromatic N) is 3. The normalized spacial score (nSPS) is 14.0. The first-order chi connectivity index (χ1) is 10.1. The Balaban J connectivity index is 2.37. The summed E-state index contributed by atoms with van der Waals surface area (Å²) in [5.41, 5.74) is 7.44. The number of hydrogen-bond acceptors (Lipinski definition) is 5. The lowest BCUT2D eigenvalue weighted by Crippen LogP contribution is -2.26. The number of aromatic nitrogens is 3. The molecule has 0 aliphatic rings. The van der Waals surface area contributed by atoms with Crippen LogP contribution in [0, 0.1) is 6.92 Å². The molecule has 0 aliphatic heterocycles. The van der Waals surface area contributed by atoms with E-state index in [1.54, 1.807) is 18.9 Å². The van der Waals surface area contributed by atoms with Gasteiger partial charge in [0.25, 0.3) is 0 Å². The van der Waals surface area contributed by atoms with E-state index < -0.39 is 0 Å². The van der Waals surface area contributed by atoms with Crippen molar-refractivity contribution in [3.8, 4) is 5.75 Å². The lowest BCUT2D eigenvalue weighted by Gasteiger charge is -2.24. The molecule has 0 fully saturated rings. The third-order valence-corrected chi connectivity index (χ3v) is 5.01. The number of nitrogens with two attached hydrogens (primary N) is 1. The van der Waals surface area contributed by atoms with E-state index in [9.17, 15) is 0 Å². The molecule has 2 N–H and O–H groups in total. The molecule has 2 rings (SSSR count). The van der Waals surface area contributed by atoms with Crippen molar-refractivity contribution < 1.29 is 4.74 Å². The maximum Gasteiger partial charge on any atom is 0.191 e. The van der Waals surface area contributed by atoms with Crippen LogP contribution in [0.3, 0.4) is 0 Å². The van der Waals surface area contributed by atoms with Gasteiger partial charge in [-0.3, -0.25) is 0 Å². The smallest absolute Gasteiger partial charge is 0.191 e. The van der Waals surface area contributed by atoms with Crippen molar-refractivity contribution >= 4 is 11.8 Å². The third-order valence-electron chi connectivity index (χ3n) is 3.59. The van der Waals surface area contributed by atoms with Gasteiger partial charge < -0.3 is 15.0 Å². The minimum Gasteiger partial charge on any atom is -0.496 e. The van der Waals surface area contributed by atoms with Gasteiger partial charge >= 0.3 is 0 Å². The summed E-state index contributed by atoms with van der Waals surface area (Å²) in [6.45, 7) is 4.03. The van der Waals surface area contributed by atoms with Crippen molar-refractivity contribution in [1.82, 2.24) is 14.8 Å². The van der Waals surface area contributed by atoms with E-state index in [-0.39, 0.29) is 11.3 Å². The fraction of sp³-hybridized carbons (Fsp3) is 0.467. The van der Waals surface area contributed by atoms with Crippen LogP contribution >= 0.6 is 11.8 Å². The van der Waals surface area contributed by atoms with Gasteiger partial charge in [-0.15, -0.1) is 10.2 Å². The highest BCUT2D eigenvalue weighted by molar-refractivity contribution is 7.99. The summed E-state index contributed by atoms with van der Waals surface area (Å²) in [6, 6.07) is 8.02. The molecule has 0 saturated carbocycles. The Bertz CT molecular complexity index is 599. The number of ether oxygens (including phenoxy) is 1. The average molecular weight is 306 g/mol. The van der Waals surface area contributed by atoms with Gasteiger partial charge in [0.15, 0.2) is 5.16 Å². The Kier molecular flexibility index (Phi) is 5.25. The number of hydrogen-bond donors (Lipinski definition) is 1. The second-order valence-electron chi connectivity index (χ2n) is 4.94. The molecule has 2 atom stereocenters. The lowest BCUT2D eigenvalue weighted by atomic mass is 10.0. The Hall–Kier alpha value is -1.53. The molecule has 5 nitrogen and oxygen atoms in total. The molecule has 1 heterocycles. The fourth-order valence-electron chi connectivity index (χ4n) is 2.10. The maximum atomic E-state index is 6.34. The van der Waals surface area contributed by atoms with Crippen LogP contribution < -0.4 is 10.5 Å². The van der Waals surface area contributed by atoms with E-state index in [2.05, 4.69) is 23.2 Å². The third kappa shape index (κ3) is 3.39. The summed E-state index contributed by atoms with van der Waals surface area (Å²) in [7, 11) is 3.65. The molecule has 0 aliphatic carbocycles. The quantitative estimate of drug-likeness (QED) is 0.831. The molecule has 114 valence electrons. The van der Waals surface area contributed by atoms with Gasteiger partial charge in [0.2, 0.25) is 0 Å². The fourth-order valence-corrected chi connectivity index (χ4v) is 3.40. The Morgan fingerprint density at radius 1 is 1.33 bits per heavy atom. The minimum atomic E-state index is 0.0170. The Labute approximate surface area is 129 Å². The molecule has 2 unspecified atom stereocenters. The molecule has 21 heavy (non-hydrogen) atoms. The van der Waals surface area contributed by atoms with E-state index in [0.717, 1.165) is 28.7 Å². The summed E-state index contributed by atoms with van der Waals surface area (Å²) in [6.07, 6.45) is 0.881. The van der Waals surface area contributed by atoms with Crippen LogP contribution in [0.25, 0.3) is 0 Å². The molecule has 0 saturated heterocycles. The second kappa shape index (κ2) is 6.95. The number of benzene rings is 1. The van der Waals surface area contributed by atoms with Gasteiger partial charge in [-0.05, 0) is 19.4 Å². The highest BCUT2D eigenvalue weighted by atomic mass is 32.2. The molecular weight excluding hydrogens is 284 g/mol. The molecule has 6 heteroatoms. The number of aryl methyl sites for hydroxylation is 1. The van der Waals surface area contributed by atoms with Gasteiger partial charge in [0.05, 0.1) is 12.4 Å². The molecule has 0 radical (unpaired) electrons. The zero-order chi connectivity index (χ0) is 15.4. The van der Waals surface area contributed by atoms with Crippen LogP contribution in [-0.2, 0) is 7.05 Å². The minimum absolute atomic E-state index is 0.0170. The second-order valence-corrected chi connectivity index (χ2v) is 6.05. The van der Waals surface area contributed by atoms with Crippen molar-refractivity contribution in [3.05, 3.63) is 35.7 Å². The van der Waals surface area contributed by atoms with E-state index in [0.29, 0.717) is 0 Å². The lowest BCUT2D eigenvalue weighted by molar-refractivity contribution is 0.407. The van der Waals surface area contributed by atoms with Crippen LogP contribution in [0.1, 0.15) is 30.0 Å². The van der Waals surface area contributed by atoms with Gasteiger partial charge in [-0.2, -0.15) is 0 Å². The summed E-state index contributed by atoms with van der Waals surface area (Å²) in [4.78, 5) is 0. The first kappa shape index (κ1) is 15.9. The van der Waals surface area contributed by atoms with Crippen LogP contribution in [0.15, 0.2) is 29.4 Å². The molecule has 2 aromatic rings.